The van der Waals surface area contributed by atoms with Crippen LogP contribution in [0, 0.1) is 13.8 Å². The Morgan fingerprint density at radius 3 is 2.62 bits per heavy atom. The minimum Gasteiger partial charge on any atom is -0.378 e. The van der Waals surface area contributed by atoms with E-state index in [0.717, 1.165) is 39.3 Å². The Morgan fingerprint density at radius 1 is 1.19 bits per heavy atom. The molecule has 0 unspecified atom stereocenters. The maximum Gasteiger partial charge on any atom is 0.294 e. The number of ether oxygens (including phenoxy) is 1. The molecule has 2 aliphatic heterocycles. The number of morpholine rings is 1. The van der Waals surface area contributed by atoms with Gasteiger partial charge in [0.15, 0.2) is 0 Å². The van der Waals surface area contributed by atoms with Gasteiger partial charge in [-0.15, -0.1) is 0 Å². The Hall–Kier alpha value is -2.26. The van der Waals surface area contributed by atoms with Crippen LogP contribution in [0.5, 0.6) is 0 Å². The van der Waals surface area contributed by atoms with E-state index in [0.29, 0.717) is 36.3 Å². The molecule has 0 bridgehead atoms. The van der Waals surface area contributed by atoms with Crippen molar-refractivity contribution in [1.82, 2.24) is 14.4 Å². The van der Waals surface area contributed by atoms with Crippen LogP contribution in [0.2, 0.25) is 10.0 Å². The molecule has 0 saturated carbocycles. The summed E-state index contributed by atoms with van der Waals surface area (Å²) in [6.07, 6.45) is 1.68. The molecule has 2 saturated heterocycles. The van der Waals surface area contributed by atoms with E-state index < -0.39 is 11.1 Å². The van der Waals surface area contributed by atoms with Gasteiger partial charge < -0.3 is 14.2 Å². The Bertz CT molecular complexity index is 1140. The molecule has 0 atom stereocenters. The average Bonchev–Trinajstić information content (AvgIpc) is 3.20. The molecule has 0 aliphatic carbocycles. The van der Waals surface area contributed by atoms with Crippen molar-refractivity contribution in [3.8, 4) is 5.69 Å². The molecule has 168 valence electrons. The number of imide groups is 1. The molecular formula is C22H21Cl2N3O4S. The molecule has 0 radical (unpaired) electrons. The number of aromatic nitrogens is 1. The first kappa shape index (κ1) is 22.9. The number of amides is 3. The van der Waals surface area contributed by atoms with E-state index in [1.54, 1.807) is 17.0 Å². The summed E-state index contributed by atoms with van der Waals surface area (Å²) in [5.74, 6) is -0.724. The lowest BCUT2D eigenvalue weighted by Gasteiger charge is -2.28. The van der Waals surface area contributed by atoms with Crippen LogP contribution in [-0.2, 0) is 14.3 Å². The second-order valence-electron chi connectivity index (χ2n) is 7.50. The highest BCUT2D eigenvalue weighted by Gasteiger charge is 2.37. The van der Waals surface area contributed by atoms with Gasteiger partial charge in [0.25, 0.3) is 11.1 Å². The molecule has 3 heterocycles. The van der Waals surface area contributed by atoms with Gasteiger partial charge in [0.05, 0.1) is 33.9 Å². The Balaban J connectivity index is 1.58. The van der Waals surface area contributed by atoms with E-state index in [1.807, 2.05) is 36.6 Å². The van der Waals surface area contributed by atoms with Gasteiger partial charge in [0, 0.05) is 24.5 Å². The summed E-state index contributed by atoms with van der Waals surface area (Å²) in [4.78, 5) is 40.7. The van der Waals surface area contributed by atoms with E-state index >= 15 is 0 Å². The van der Waals surface area contributed by atoms with Gasteiger partial charge in [-0.2, -0.15) is 0 Å². The van der Waals surface area contributed by atoms with Crippen molar-refractivity contribution in [2.45, 2.75) is 13.8 Å². The maximum absolute atomic E-state index is 12.9. The number of hydrogen-bond acceptors (Lipinski definition) is 5. The fourth-order valence-corrected chi connectivity index (χ4v) is 5.00. The summed E-state index contributed by atoms with van der Waals surface area (Å²) in [5, 5.41) is 0.434. The lowest BCUT2D eigenvalue weighted by Crippen LogP contribution is -2.46. The lowest BCUT2D eigenvalue weighted by atomic mass is 10.2. The second-order valence-corrected chi connectivity index (χ2v) is 9.27. The van der Waals surface area contributed by atoms with Crippen LogP contribution in [0.4, 0.5) is 4.79 Å². The topological polar surface area (TPSA) is 71.9 Å². The molecule has 2 aliphatic rings. The number of thioether (sulfide) groups is 1. The number of aryl methyl sites for hydroxylation is 1. The van der Waals surface area contributed by atoms with Crippen LogP contribution >= 0.6 is 35.0 Å². The summed E-state index contributed by atoms with van der Waals surface area (Å²) in [6.45, 7) is 5.40. The van der Waals surface area contributed by atoms with Gasteiger partial charge in [0.2, 0.25) is 5.91 Å². The fourth-order valence-electron chi connectivity index (χ4n) is 3.80. The van der Waals surface area contributed by atoms with Crippen LogP contribution in [0.25, 0.3) is 11.8 Å². The third-order valence-corrected chi connectivity index (χ3v) is 7.18. The highest BCUT2D eigenvalue weighted by atomic mass is 35.5. The number of nitrogens with zero attached hydrogens (tertiary/aromatic N) is 3. The SMILES string of the molecule is Cc1cc(/C=C2\SC(=O)N(CC(=O)N3CCOCC3)C2=O)c(C)n1-c1cccc(Cl)c1Cl. The van der Waals surface area contributed by atoms with Gasteiger partial charge in [-0.25, -0.2) is 0 Å². The van der Waals surface area contributed by atoms with Gasteiger partial charge in [0.1, 0.15) is 6.54 Å². The van der Waals surface area contributed by atoms with E-state index in [-0.39, 0.29) is 17.4 Å². The van der Waals surface area contributed by atoms with Crippen molar-refractivity contribution in [1.29, 1.82) is 0 Å². The third kappa shape index (κ3) is 4.32. The lowest BCUT2D eigenvalue weighted by molar-refractivity contribution is -0.139. The third-order valence-electron chi connectivity index (χ3n) is 5.46. The zero-order chi connectivity index (χ0) is 23.0. The number of benzene rings is 1. The first-order valence-corrected chi connectivity index (χ1v) is 11.6. The minimum atomic E-state index is -0.466. The van der Waals surface area contributed by atoms with Crippen molar-refractivity contribution < 1.29 is 19.1 Å². The first-order chi connectivity index (χ1) is 15.3. The molecule has 1 aromatic heterocycles. The first-order valence-electron chi connectivity index (χ1n) is 10.0. The second kappa shape index (κ2) is 9.31. The van der Waals surface area contributed by atoms with E-state index in [1.165, 1.54) is 0 Å². The highest BCUT2D eigenvalue weighted by Crippen LogP contribution is 2.35. The largest absolute Gasteiger partial charge is 0.378 e. The maximum atomic E-state index is 12.9. The molecule has 10 heteroatoms. The van der Waals surface area contributed by atoms with E-state index in [4.69, 9.17) is 27.9 Å². The number of rotatable bonds is 4. The Kier molecular flexibility index (Phi) is 6.67. The summed E-state index contributed by atoms with van der Waals surface area (Å²) >= 11 is 13.4. The summed E-state index contributed by atoms with van der Waals surface area (Å²) in [6, 6.07) is 7.32. The van der Waals surface area contributed by atoms with E-state index in [9.17, 15) is 14.4 Å². The van der Waals surface area contributed by atoms with Crippen molar-refractivity contribution in [3.05, 3.63) is 56.2 Å². The van der Waals surface area contributed by atoms with Crippen LogP contribution in [0.3, 0.4) is 0 Å². The molecule has 4 rings (SSSR count). The summed E-state index contributed by atoms with van der Waals surface area (Å²) < 4.78 is 7.19. The van der Waals surface area contributed by atoms with Gasteiger partial charge >= 0.3 is 0 Å². The smallest absolute Gasteiger partial charge is 0.294 e. The normalized spacial score (nSPS) is 18.2. The fraction of sp³-hybridized carbons (Fsp3) is 0.318. The zero-order valence-electron chi connectivity index (χ0n) is 17.6. The van der Waals surface area contributed by atoms with Crippen molar-refractivity contribution in [2.24, 2.45) is 0 Å². The van der Waals surface area contributed by atoms with Crippen molar-refractivity contribution in [2.75, 3.05) is 32.8 Å². The molecule has 3 amide bonds. The van der Waals surface area contributed by atoms with Crippen LogP contribution in [0.15, 0.2) is 29.2 Å². The van der Waals surface area contributed by atoms with Gasteiger partial charge in [-0.3, -0.25) is 19.3 Å². The molecule has 0 spiro atoms. The molecule has 0 N–H and O–H groups in total. The van der Waals surface area contributed by atoms with Crippen LogP contribution in [0.1, 0.15) is 17.0 Å². The Labute approximate surface area is 199 Å². The van der Waals surface area contributed by atoms with Crippen LogP contribution < -0.4 is 0 Å². The predicted octanol–water partition coefficient (Wildman–Crippen LogP) is 4.30. The standard InChI is InChI=1S/C22H21Cl2N3O4S/c1-13-10-15(14(2)27(13)17-5-3-4-16(23)20(17)24)11-18-21(29)26(22(30)32-18)12-19(28)25-6-8-31-9-7-25/h3-5,10-11H,6-9,12H2,1-2H3/b18-11-. The van der Waals surface area contributed by atoms with Crippen LogP contribution in [-0.4, -0.2) is 64.3 Å². The molecule has 32 heavy (non-hydrogen) atoms. The summed E-state index contributed by atoms with van der Waals surface area (Å²) in [5.41, 5.74) is 3.27. The number of hydrogen-bond donors (Lipinski definition) is 0. The number of halogens is 2. The van der Waals surface area contributed by atoms with Crippen molar-refractivity contribution in [3.63, 3.8) is 0 Å². The minimum absolute atomic E-state index is 0.259. The number of carbonyl (C=O) groups is 3. The van der Waals surface area contributed by atoms with Gasteiger partial charge in [-0.1, -0.05) is 29.3 Å². The Morgan fingerprint density at radius 2 is 1.91 bits per heavy atom. The number of carbonyl (C=O) groups excluding carboxylic acids is 3. The monoisotopic (exact) mass is 493 g/mol. The molecule has 2 aromatic rings. The molecular weight excluding hydrogens is 473 g/mol. The quantitative estimate of drug-likeness (QED) is 0.593. The summed E-state index contributed by atoms with van der Waals surface area (Å²) in [7, 11) is 0. The van der Waals surface area contributed by atoms with E-state index in [2.05, 4.69) is 0 Å². The molecule has 1 aromatic carbocycles. The van der Waals surface area contributed by atoms with Gasteiger partial charge in [-0.05, 0) is 55.4 Å². The highest BCUT2D eigenvalue weighted by molar-refractivity contribution is 8.18. The zero-order valence-corrected chi connectivity index (χ0v) is 19.9. The molecule has 2 fully saturated rings. The van der Waals surface area contributed by atoms with Crippen molar-refractivity contribution >= 4 is 58.1 Å². The predicted molar refractivity (Wildman–Crippen MR) is 125 cm³/mol. The average molecular weight is 494 g/mol. The molecule has 7 nitrogen and oxygen atoms in total.